The van der Waals surface area contributed by atoms with Gasteiger partial charge in [0, 0.05) is 18.9 Å². The second kappa shape index (κ2) is 5.02. The molecular weight excluding hydrogens is 194 g/mol. The van der Waals surface area contributed by atoms with E-state index in [9.17, 15) is 0 Å². The van der Waals surface area contributed by atoms with Crippen molar-refractivity contribution in [1.29, 1.82) is 0 Å². The maximum atomic E-state index is 2.31. The minimum Gasteiger partial charge on any atom is -0.350 e. The van der Waals surface area contributed by atoms with Gasteiger partial charge in [-0.15, -0.1) is 0 Å². The molecule has 0 radical (unpaired) electrons. The topological polar surface area (TPSA) is 4.93 Å². The van der Waals surface area contributed by atoms with Crippen molar-refractivity contribution in [1.82, 2.24) is 4.57 Å². The van der Waals surface area contributed by atoms with E-state index in [0.29, 0.717) is 0 Å². The Bertz CT molecular complexity index is 440. The van der Waals surface area contributed by atoms with Crippen LogP contribution in [0.5, 0.6) is 0 Å². The summed E-state index contributed by atoms with van der Waals surface area (Å²) >= 11 is 0. The van der Waals surface area contributed by atoms with Crippen molar-refractivity contribution in [3.8, 4) is 11.3 Å². The molecule has 0 atom stereocenters. The van der Waals surface area contributed by atoms with Crippen LogP contribution in [0.2, 0.25) is 0 Å². The van der Waals surface area contributed by atoms with Crippen LogP contribution < -0.4 is 0 Å². The summed E-state index contributed by atoms with van der Waals surface area (Å²) in [5.74, 6) is 0. The number of unbranched alkanes of at least 4 members (excludes halogenated alkanes) is 1. The zero-order chi connectivity index (χ0) is 11.4. The molecule has 0 N–H and O–H groups in total. The van der Waals surface area contributed by atoms with Crippen molar-refractivity contribution in [2.75, 3.05) is 0 Å². The molecule has 2 rings (SSSR count). The SMILES string of the molecule is CCCCc1cc(-c2ccccc2)n(C)c1. The van der Waals surface area contributed by atoms with Crippen LogP contribution >= 0.6 is 0 Å². The average molecular weight is 213 g/mol. The van der Waals surface area contributed by atoms with Crippen LogP contribution in [-0.2, 0) is 13.5 Å². The molecule has 0 bridgehead atoms. The molecule has 1 nitrogen and oxygen atoms in total. The lowest BCUT2D eigenvalue weighted by atomic mass is 10.1. The molecule has 0 amide bonds. The Balaban J connectivity index is 2.25. The van der Waals surface area contributed by atoms with Crippen LogP contribution in [0.3, 0.4) is 0 Å². The first-order valence-corrected chi connectivity index (χ1v) is 6.02. The molecule has 16 heavy (non-hydrogen) atoms. The Labute approximate surface area is 97.7 Å². The van der Waals surface area contributed by atoms with Gasteiger partial charge in [0.1, 0.15) is 0 Å². The van der Waals surface area contributed by atoms with Crippen molar-refractivity contribution >= 4 is 0 Å². The Morgan fingerprint density at radius 2 is 1.88 bits per heavy atom. The number of hydrogen-bond donors (Lipinski definition) is 0. The highest BCUT2D eigenvalue weighted by molar-refractivity contribution is 5.61. The predicted molar refractivity (Wildman–Crippen MR) is 69.5 cm³/mol. The Morgan fingerprint density at radius 1 is 1.12 bits per heavy atom. The summed E-state index contributed by atoms with van der Waals surface area (Å²) < 4.78 is 2.22. The maximum Gasteiger partial charge on any atom is 0.0480 e. The van der Waals surface area contributed by atoms with E-state index in [0.717, 1.165) is 0 Å². The van der Waals surface area contributed by atoms with Gasteiger partial charge in [0.25, 0.3) is 0 Å². The molecule has 0 aliphatic heterocycles. The van der Waals surface area contributed by atoms with E-state index in [-0.39, 0.29) is 0 Å². The predicted octanol–water partition coefficient (Wildman–Crippen LogP) is 4.03. The maximum absolute atomic E-state index is 2.31. The molecule has 0 fully saturated rings. The number of aromatic nitrogens is 1. The summed E-state index contributed by atoms with van der Waals surface area (Å²) in [6.45, 7) is 2.24. The highest BCUT2D eigenvalue weighted by atomic mass is 14.9. The fraction of sp³-hybridized carbons (Fsp3) is 0.333. The van der Waals surface area contributed by atoms with Crippen molar-refractivity contribution < 1.29 is 0 Å². The van der Waals surface area contributed by atoms with Gasteiger partial charge >= 0.3 is 0 Å². The second-order valence-electron chi connectivity index (χ2n) is 4.31. The number of nitrogens with zero attached hydrogens (tertiary/aromatic N) is 1. The molecule has 1 heteroatoms. The monoisotopic (exact) mass is 213 g/mol. The summed E-state index contributed by atoms with van der Waals surface area (Å²) in [7, 11) is 2.12. The number of aryl methyl sites for hydroxylation is 2. The summed E-state index contributed by atoms with van der Waals surface area (Å²) in [6.07, 6.45) is 5.98. The third-order valence-corrected chi connectivity index (χ3v) is 2.95. The summed E-state index contributed by atoms with van der Waals surface area (Å²) in [6, 6.07) is 12.9. The minimum absolute atomic E-state index is 1.19. The number of hydrogen-bond acceptors (Lipinski definition) is 0. The van der Waals surface area contributed by atoms with Gasteiger partial charge in [-0.2, -0.15) is 0 Å². The number of rotatable bonds is 4. The first-order chi connectivity index (χ1) is 7.81. The lowest BCUT2D eigenvalue weighted by molar-refractivity contribution is 0.791. The van der Waals surface area contributed by atoms with Gasteiger partial charge in [0.05, 0.1) is 0 Å². The summed E-state index contributed by atoms with van der Waals surface area (Å²) in [4.78, 5) is 0. The van der Waals surface area contributed by atoms with Crippen molar-refractivity contribution in [2.45, 2.75) is 26.2 Å². The third-order valence-electron chi connectivity index (χ3n) is 2.95. The molecule has 0 saturated carbocycles. The lowest BCUT2D eigenvalue weighted by Gasteiger charge is -2.01. The van der Waals surface area contributed by atoms with E-state index >= 15 is 0 Å². The van der Waals surface area contributed by atoms with Crippen LogP contribution in [0.15, 0.2) is 42.6 Å². The van der Waals surface area contributed by atoms with E-state index in [2.05, 4.69) is 61.1 Å². The first kappa shape index (κ1) is 11.0. The Morgan fingerprint density at radius 3 is 2.56 bits per heavy atom. The van der Waals surface area contributed by atoms with Crippen LogP contribution in [-0.4, -0.2) is 4.57 Å². The molecule has 0 spiro atoms. The molecule has 2 aromatic rings. The minimum atomic E-state index is 1.19. The van der Waals surface area contributed by atoms with Crippen LogP contribution in [0, 0.1) is 0 Å². The van der Waals surface area contributed by atoms with Gasteiger partial charge in [-0.05, 0) is 30.0 Å². The van der Waals surface area contributed by atoms with Gasteiger partial charge in [0.2, 0.25) is 0 Å². The molecule has 0 aliphatic carbocycles. The van der Waals surface area contributed by atoms with Gasteiger partial charge in [0.15, 0.2) is 0 Å². The molecule has 1 heterocycles. The molecule has 0 aliphatic rings. The fourth-order valence-corrected chi connectivity index (χ4v) is 2.05. The largest absolute Gasteiger partial charge is 0.350 e. The molecule has 0 unspecified atom stereocenters. The fourth-order valence-electron chi connectivity index (χ4n) is 2.05. The number of benzene rings is 1. The van der Waals surface area contributed by atoms with Crippen molar-refractivity contribution in [3.05, 3.63) is 48.2 Å². The quantitative estimate of drug-likeness (QED) is 0.722. The van der Waals surface area contributed by atoms with E-state index in [4.69, 9.17) is 0 Å². The molecular formula is C15H19N. The van der Waals surface area contributed by atoms with Crippen LogP contribution in [0.25, 0.3) is 11.3 Å². The molecule has 1 aromatic heterocycles. The second-order valence-corrected chi connectivity index (χ2v) is 4.31. The highest BCUT2D eigenvalue weighted by Crippen LogP contribution is 2.22. The van der Waals surface area contributed by atoms with Crippen LogP contribution in [0.4, 0.5) is 0 Å². The van der Waals surface area contributed by atoms with E-state index in [1.165, 1.54) is 36.1 Å². The normalized spacial score (nSPS) is 10.6. The standard InChI is InChI=1S/C15H19N/c1-3-4-8-13-11-15(16(2)12-13)14-9-6-5-7-10-14/h5-7,9-12H,3-4,8H2,1-2H3. The van der Waals surface area contributed by atoms with E-state index in [1.54, 1.807) is 0 Å². The van der Waals surface area contributed by atoms with Crippen molar-refractivity contribution in [3.63, 3.8) is 0 Å². The van der Waals surface area contributed by atoms with Gasteiger partial charge in [-0.3, -0.25) is 0 Å². The van der Waals surface area contributed by atoms with E-state index in [1.807, 2.05) is 0 Å². The zero-order valence-corrected chi connectivity index (χ0v) is 10.1. The first-order valence-electron chi connectivity index (χ1n) is 6.02. The van der Waals surface area contributed by atoms with E-state index < -0.39 is 0 Å². The van der Waals surface area contributed by atoms with Gasteiger partial charge in [-0.1, -0.05) is 43.7 Å². The third kappa shape index (κ3) is 2.35. The van der Waals surface area contributed by atoms with Gasteiger partial charge < -0.3 is 4.57 Å². The summed E-state index contributed by atoms with van der Waals surface area (Å²) in [5.41, 5.74) is 4.06. The smallest absolute Gasteiger partial charge is 0.0480 e. The highest BCUT2D eigenvalue weighted by Gasteiger charge is 2.04. The molecule has 84 valence electrons. The lowest BCUT2D eigenvalue weighted by Crippen LogP contribution is -1.88. The Kier molecular flexibility index (Phi) is 3.45. The van der Waals surface area contributed by atoms with Crippen LogP contribution in [0.1, 0.15) is 25.3 Å². The Hall–Kier alpha value is -1.50. The summed E-state index contributed by atoms with van der Waals surface area (Å²) in [5, 5.41) is 0. The zero-order valence-electron chi connectivity index (χ0n) is 10.1. The molecule has 1 aromatic carbocycles. The van der Waals surface area contributed by atoms with Crippen molar-refractivity contribution in [2.24, 2.45) is 7.05 Å². The average Bonchev–Trinajstić information content (AvgIpc) is 2.69. The van der Waals surface area contributed by atoms with Gasteiger partial charge in [-0.25, -0.2) is 0 Å². The molecule has 0 saturated heterocycles.